The first-order chi connectivity index (χ1) is 14.0. The summed E-state index contributed by atoms with van der Waals surface area (Å²) in [6.07, 6.45) is -4.77. The summed E-state index contributed by atoms with van der Waals surface area (Å²) in [5.41, 5.74) is 0.963. The maximum atomic E-state index is 12.7. The number of hydrogen-bond donors (Lipinski definition) is 2. The van der Waals surface area contributed by atoms with Gasteiger partial charge in [0.15, 0.2) is 0 Å². The first kappa shape index (κ1) is 23.5. The Morgan fingerprint density at radius 2 is 1.70 bits per heavy atom. The smallest absolute Gasteiger partial charge is 0.411 e. The second-order valence-electron chi connectivity index (χ2n) is 6.28. The van der Waals surface area contributed by atoms with Gasteiger partial charge in [0, 0.05) is 11.4 Å². The Bertz CT molecular complexity index is 977. The fourth-order valence-electron chi connectivity index (χ4n) is 2.41. The van der Waals surface area contributed by atoms with Crippen molar-refractivity contribution in [1.82, 2.24) is 0 Å². The quantitative estimate of drug-likeness (QED) is 0.573. The molecule has 0 bridgehead atoms. The molecule has 0 spiro atoms. The van der Waals surface area contributed by atoms with Crippen molar-refractivity contribution < 1.29 is 35.9 Å². The lowest BCUT2D eigenvalue weighted by Crippen LogP contribution is -2.20. The van der Waals surface area contributed by atoms with Crippen molar-refractivity contribution in [1.29, 1.82) is 0 Å². The highest BCUT2D eigenvalue weighted by Gasteiger charge is 2.27. The van der Waals surface area contributed by atoms with E-state index in [4.69, 9.17) is 4.74 Å². The van der Waals surface area contributed by atoms with Gasteiger partial charge in [-0.3, -0.25) is 9.52 Å². The summed E-state index contributed by atoms with van der Waals surface area (Å²) in [7, 11) is -2.46. The zero-order valence-corrected chi connectivity index (χ0v) is 17.1. The second-order valence-corrected chi connectivity index (χ2v) is 7.93. The molecule has 7 nitrogen and oxygen atoms in total. The van der Waals surface area contributed by atoms with Crippen LogP contribution in [0.2, 0.25) is 0 Å². The van der Waals surface area contributed by atoms with Crippen LogP contribution in [0, 0.1) is 6.92 Å². The predicted molar refractivity (Wildman–Crippen MR) is 105 cm³/mol. The minimum Gasteiger partial charge on any atom is -0.497 e. The van der Waals surface area contributed by atoms with Gasteiger partial charge in [0.2, 0.25) is 5.91 Å². The highest BCUT2D eigenvalue weighted by Crippen LogP contribution is 2.24. The lowest BCUT2D eigenvalue weighted by atomic mass is 10.2. The molecule has 2 N–H and O–H groups in total. The summed E-state index contributed by atoms with van der Waals surface area (Å²) < 4.78 is 73.4. The van der Waals surface area contributed by atoms with Gasteiger partial charge >= 0.3 is 6.18 Å². The zero-order chi connectivity index (χ0) is 22.4. The minimum absolute atomic E-state index is 0.0514. The number of carbonyl (C=O) groups excluding carboxylic acids is 1. The maximum absolute atomic E-state index is 12.7. The molecule has 0 aliphatic heterocycles. The molecule has 30 heavy (non-hydrogen) atoms. The van der Waals surface area contributed by atoms with Crippen molar-refractivity contribution in [3.63, 3.8) is 0 Å². The molecule has 1 amide bonds. The van der Waals surface area contributed by atoms with Gasteiger partial charge in [-0.2, -0.15) is 13.2 Å². The summed E-state index contributed by atoms with van der Waals surface area (Å²) in [5, 5.41) is 2.45. The van der Waals surface area contributed by atoms with E-state index >= 15 is 0 Å². The molecule has 0 atom stereocenters. The number of methoxy groups -OCH3 is 1. The number of amides is 1. The molecule has 164 valence electrons. The Morgan fingerprint density at radius 1 is 1.07 bits per heavy atom. The van der Waals surface area contributed by atoms with Crippen LogP contribution in [0.4, 0.5) is 24.5 Å². The first-order valence-corrected chi connectivity index (χ1v) is 10.2. The van der Waals surface area contributed by atoms with Crippen molar-refractivity contribution in [2.75, 3.05) is 30.4 Å². The van der Waals surface area contributed by atoms with E-state index in [9.17, 15) is 26.4 Å². The molecule has 0 fully saturated rings. The first-order valence-electron chi connectivity index (χ1n) is 8.72. The average Bonchev–Trinajstić information content (AvgIpc) is 2.66. The topological polar surface area (TPSA) is 93.7 Å². The van der Waals surface area contributed by atoms with E-state index in [0.717, 1.165) is 0 Å². The van der Waals surface area contributed by atoms with E-state index in [2.05, 4.69) is 14.8 Å². The van der Waals surface area contributed by atoms with E-state index in [1.165, 1.54) is 37.4 Å². The van der Waals surface area contributed by atoms with Gasteiger partial charge in [0.05, 0.1) is 25.0 Å². The maximum Gasteiger partial charge on any atom is 0.411 e. The Morgan fingerprint density at radius 3 is 2.30 bits per heavy atom. The van der Waals surface area contributed by atoms with Crippen LogP contribution in [0.1, 0.15) is 12.0 Å². The molecule has 2 aromatic carbocycles. The number of aryl methyl sites for hydroxylation is 1. The van der Waals surface area contributed by atoms with Crippen LogP contribution in [0.3, 0.4) is 0 Å². The number of anilines is 2. The van der Waals surface area contributed by atoms with Gasteiger partial charge in [-0.05, 0) is 48.9 Å². The number of halogens is 3. The van der Waals surface area contributed by atoms with Crippen LogP contribution in [0.15, 0.2) is 47.4 Å². The highest BCUT2D eigenvalue weighted by molar-refractivity contribution is 7.92. The van der Waals surface area contributed by atoms with Crippen LogP contribution < -0.4 is 14.8 Å². The summed E-state index contributed by atoms with van der Waals surface area (Å²) in [4.78, 5) is 11.8. The van der Waals surface area contributed by atoms with Crippen LogP contribution in [0.25, 0.3) is 0 Å². The van der Waals surface area contributed by atoms with E-state index in [1.54, 1.807) is 19.1 Å². The van der Waals surface area contributed by atoms with E-state index in [-0.39, 0.29) is 17.0 Å². The number of rotatable bonds is 9. The number of alkyl halides is 3. The van der Waals surface area contributed by atoms with Gasteiger partial charge in [0.1, 0.15) is 12.4 Å². The monoisotopic (exact) mass is 446 g/mol. The molecule has 0 aliphatic rings. The molecule has 0 radical (unpaired) electrons. The molecule has 2 aromatic rings. The lowest BCUT2D eigenvalue weighted by Gasteiger charge is -2.13. The highest BCUT2D eigenvalue weighted by atomic mass is 32.2. The zero-order valence-electron chi connectivity index (χ0n) is 16.2. The molecule has 0 aliphatic carbocycles. The van der Waals surface area contributed by atoms with Gasteiger partial charge in [-0.1, -0.05) is 6.07 Å². The Balaban J connectivity index is 2.05. The average molecular weight is 446 g/mol. The molecule has 0 aromatic heterocycles. The van der Waals surface area contributed by atoms with Crippen molar-refractivity contribution >= 4 is 27.3 Å². The third-order valence-corrected chi connectivity index (χ3v) is 5.37. The minimum atomic E-state index is -4.46. The molecular weight excluding hydrogens is 425 g/mol. The van der Waals surface area contributed by atoms with E-state index in [1.807, 2.05) is 0 Å². The SMILES string of the molecule is COc1ccc(NS(=O)(=O)c2cc(NC(=O)CCOCC(F)(F)F)ccc2C)cc1. The fraction of sp³-hybridized carbons (Fsp3) is 0.316. The van der Waals surface area contributed by atoms with Crippen LogP contribution >= 0.6 is 0 Å². The molecule has 0 heterocycles. The van der Waals surface area contributed by atoms with Gasteiger partial charge < -0.3 is 14.8 Å². The number of ether oxygens (including phenoxy) is 2. The normalized spacial score (nSPS) is 11.8. The number of carbonyl (C=O) groups is 1. The number of sulfonamides is 1. The third kappa shape index (κ3) is 7.23. The van der Waals surface area contributed by atoms with Crippen LogP contribution in [0.5, 0.6) is 5.75 Å². The summed E-state index contributed by atoms with van der Waals surface area (Å²) in [6, 6.07) is 10.6. The second kappa shape index (κ2) is 9.81. The summed E-state index contributed by atoms with van der Waals surface area (Å²) >= 11 is 0. The molecule has 11 heteroatoms. The molecule has 0 saturated heterocycles. The molecule has 2 rings (SSSR count). The predicted octanol–water partition coefficient (Wildman–Crippen LogP) is 3.71. The van der Waals surface area contributed by atoms with E-state index < -0.39 is 35.3 Å². The van der Waals surface area contributed by atoms with Crippen molar-refractivity contribution in [3.8, 4) is 5.75 Å². The Labute approximate surface area is 172 Å². The standard InChI is InChI=1S/C19H21F3N2O5S/c1-13-3-4-15(23-18(25)9-10-29-12-19(20,21)22)11-17(13)30(26,27)24-14-5-7-16(28-2)8-6-14/h3-8,11,24H,9-10,12H2,1-2H3,(H,23,25). The summed E-state index contributed by atoms with van der Waals surface area (Å²) in [6.45, 7) is -0.259. The molecule has 0 unspecified atom stereocenters. The van der Waals surface area contributed by atoms with Gasteiger partial charge in [-0.25, -0.2) is 8.42 Å². The van der Waals surface area contributed by atoms with Crippen LogP contribution in [-0.4, -0.2) is 40.8 Å². The number of benzene rings is 2. The third-order valence-electron chi connectivity index (χ3n) is 3.84. The van der Waals surface area contributed by atoms with Crippen molar-refractivity contribution in [2.24, 2.45) is 0 Å². The van der Waals surface area contributed by atoms with Crippen molar-refractivity contribution in [2.45, 2.75) is 24.4 Å². The van der Waals surface area contributed by atoms with Crippen molar-refractivity contribution in [3.05, 3.63) is 48.0 Å². The largest absolute Gasteiger partial charge is 0.497 e. The van der Waals surface area contributed by atoms with E-state index in [0.29, 0.717) is 17.0 Å². The Kier molecular flexibility index (Phi) is 7.68. The molecular formula is C19H21F3N2O5S. The Hall–Kier alpha value is -2.79. The van der Waals surface area contributed by atoms with Gasteiger partial charge in [-0.15, -0.1) is 0 Å². The van der Waals surface area contributed by atoms with Gasteiger partial charge in [0.25, 0.3) is 10.0 Å². The lowest BCUT2D eigenvalue weighted by molar-refractivity contribution is -0.174. The molecule has 0 saturated carbocycles. The van der Waals surface area contributed by atoms with Crippen LogP contribution in [-0.2, 0) is 19.6 Å². The fourth-order valence-corrected chi connectivity index (χ4v) is 3.74. The number of nitrogens with one attached hydrogen (secondary N) is 2. The number of hydrogen-bond acceptors (Lipinski definition) is 5. The summed E-state index contributed by atoms with van der Waals surface area (Å²) in [5.74, 6) is -0.0365.